The summed E-state index contributed by atoms with van der Waals surface area (Å²) in [5, 5.41) is 10.5. The predicted molar refractivity (Wildman–Crippen MR) is 117 cm³/mol. The van der Waals surface area contributed by atoms with Crippen LogP contribution in [0.2, 0.25) is 0 Å². The molecule has 29 heavy (non-hydrogen) atoms. The summed E-state index contributed by atoms with van der Waals surface area (Å²) in [5.74, 6) is 3.05. The first-order valence-electron chi connectivity index (χ1n) is 12.0. The van der Waals surface area contributed by atoms with Crippen molar-refractivity contribution in [1.29, 1.82) is 0 Å². The first-order chi connectivity index (χ1) is 14.2. The Bertz CT molecular complexity index is 621. The number of hydrogen-bond donors (Lipinski definition) is 1. The zero-order valence-corrected chi connectivity index (χ0v) is 17.8. The number of hydrogen-bond acceptors (Lipinski definition) is 4. The van der Waals surface area contributed by atoms with Crippen LogP contribution in [0, 0.1) is 23.2 Å². The highest BCUT2D eigenvalue weighted by molar-refractivity contribution is 5.46. The van der Waals surface area contributed by atoms with E-state index in [0.717, 1.165) is 57.1 Å². The number of anilines is 1. The van der Waals surface area contributed by atoms with Crippen molar-refractivity contribution in [3.63, 3.8) is 0 Å². The molecule has 5 aliphatic rings. The molecule has 4 nitrogen and oxygen atoms in total. The van der Waals surface area contributed by atoms with E-state index in [1.807, 2.05) is 0 Å². The van der Waals surface area contributed by atoms with E-state index < -0.39 is 0 Å². The van der Waals surface area contributed by atoms with Crippen LogP contribution in [0.1, 0.15) is 44.9 Å². The van der Waals surface area contributed by atoms with Crippen LogP contribution in [0.15, 0.2) is 30.3 Å². The summed E-state index contributed by atoms with van der Waals surface area (Å²) < 4.78 is 5.98. The van der Waals surface area contributed by atoms with Crippen molar-refractivity contribution in [3.8, 4) is 0 Å². The maximum absolute atomic E-state index is 10.5. The largest absolute Gasteiger partial charge is 0.389 e. The number of nitrogens with zero attached hydrogens (tertiary/aromatic N) is 2. The van der Waals surface area contributed by atoms with Gasteiger partial charge >= 0.3 is 0 Å². The number of ether oxygens (including phenoxy) is 1. The van der Waals surface area contributed by atoms with Gasteiger partial charge in [0.2, 0.25) is 0 Å². The van der Waals surface area contributed by atoms with Gasteiger partial charge in [-0.2, -0.15) is 0 Å². The summed E-state index contributed by atoms with van der Waals surface area (Å²) in [6.07, 6.45) is 9.75. The Labute approximate surface area is 176 Å². The van der Waals surface area contributed by atoms with E-state index in [9.17, 15) is 5.11 Å². The van der Waals surface area contributed by atoms with Gasteiger partial charge in [0, 0.05) is 45.0 Å². The highest BCUT2D eigenvalue weighted by atomic mass is 16.5. The highest BCUT2D eigenvalue weighted by Crippen LogP contribution is 2.61. The van der Waals surface area contributed by atoms with Crippen molar-refractivity contribution in [2.75, 3.05) is 50.8 Å². The van der Waals surface area contributed by atoms with E-state index in [0.29, 0.717) is 12.0 Å². The van der Waals surface area contributed by atoms with Gasteiger partial charge in [-0.25, -0.2) is 0 Å². The van der Waals surface area contributed by atoms with E-state index in [-0.39, 0.29) is 6.10 Å². The van der Waals surface area contributed by atoms with E-state index in [1.54, 1.807) is 0 Å². The lowest BCUT2D eigenvalue weighted by molar-refractivity contribution is -0.0741. The molecule has 160 valence electrons. The number of aliphatic hydroxyl groups is 1. The second-order valence-electron chi connectivity index (χ2n) is 10.5. The van der Waals surface area contributed by atoms with Gasteiger partial charge < -0.3 is 14.7 Å². The number of para-hydroxylation sites is 1. The number of aliphatic hydroxyl groups excluding tert-OH is 1. The quantitative estimate of drug-likeness (QED) is 0.676. The normalized spacial score (nSPS) is 35.2. The zero-order chi connectivity index (χ0) is 19.7. The van der Waals surface area contributed by atoms with Crippen LogP contribution >= 0.6 is 0 Å². The van der Waals surface area contributed by atoms with Crippen molar-refractivity contribution < 1.29 is 9.84 Å². The van der Waals surface area contributed by atoms with Gasteiger partial charge in [-0.3, -0.25) is 4.90 Å². The lowest BCUT2D eigenvalue weighted by Crippen LogP contribution is -2.49. The monoisotopic (exact) mass is 398 g/mol. The topological polar surface area (TPSA) is 35.9 Å². The summed E-state index contributed by atoms with van der Waals surface area (Å²) in [5.41, 5.74) is 1.90. The molecule has 1 aliphatic heterocycles. The molecule has 4 bridgehead atoms. The molecular formula is C25H38N2O2. The van der Waals surface area contributed by atoms with Gasteiger partial charge in [0.25, 0.3) is 0 Å². The Kier molecular flexibility index (Phi) is 5.86. The minimum Gasteiger partial charge on any atom is -0.389 e. The molecule has 0 radical (unpaired) electrons. The van der Waals surface area contributed by atoms with Crippen LogP contribution in [0.5, 0.6) is 0 Å². The first-order valence-corrected chi connectivity index (χ1v) is 12.0. The fourth-order valence-electron chi connectivity index (χ4n) is 7.28. The van der Waals surface area contributed by atoms with Crippen LogP contribution in [-0.4, -0.2) is 62.0 Å². The van der Waals surface area contributed by atoms with Gasteiger partial charge in [-0.05, 0) is 80.2 Å². The lowest BCUT2D eigenvalue weighted by Gasteiger charge is -2.57. The number of benzene rings is 1. The molecule has 0 aromatic heterocycles. The minimum absolute atomic E-state index is 0.366. The van der Waals surface area contributed by atoms with Gasteiger partial charge in [0.05, 0.1) is 12.7 Å². The maximum atomic E-state index is 10.5. The third kappa shape index (κ3) is 4.65. The van der Waals surface area contributed by atoms with Crippen molar-refractivity contribution in [3.05, 3.63) is 30.3 Å². The molecular weight excluding hydrogens is 360 g/mol. The molecule has 0 amide bonds. The first kappa shape index (κ1) is 19.8. The summed E-state index contributed by atoms with van der Waals surface area (Å²) >= 11 is 0. The lowest BCUT2D eigenvalue weighted by atomic mass is 9.49. The minimum atomic E-state index is -0.366. The Morgan fingerprint density at radius 2 is 1.55 bits per heavy atom. The molecule has 1 aromatic rings. The average molecular weight is 399 g/mol. The molecule has 4 heteroatoms. The van der Waals surface area contributed by atoms with Crippen molar-refractivity contribution in [2.24, 2.45) is 23.2 Å². The smallest absolute Gasteiger partial charge is 0.0900 e. The second-order valence-corrected chi connectivity index (χ2v) is 10.5. The van der Waals surface area contributed by atoms with Crippen LogP contribution in [-0.2, 0) is 4.74 Å². The number of rotatable bonds is 8. The van der Waals surface area contributed by atoms with Crippen LogP contribution in [0.3, 0.4) is 0 Å². The van der Waals surface area contributed by atoms with E-state index >= 15 is 0 Å². The fourth-order valence-corrected chi connectivity index (χ4v) is 7.28. The maximum Gasteiger partial charge on any atom is 0.0900 e. The fraction of sp³-hybridized carbons (Fsp3) is 0.760. The Morgan fingerprint density at radius 1 is 0.931 bits per heavy atom. The van der Waals surface area contributed by atoms with E-state index in [2.05, 4.69) is 40.1 Å². The highest BCUT2D eigenvalue weighted by Gasteiger charge is 2.50. The Morgan fingerprint density at radius 3 is 2.17 bits per heavy atom. The molecule has 1 aromatic carbocycles. The number of piperazine rings is 1. The van der Waals surface area contributed by atoms with Gasteiger partial charge in [0.15, 0.2) is 0 Å². The summed E-state index contributed by atoms with van der Waals surface area (Å²) in [6, 6.07) is 10.6. The molecule has 4 saturated carbocycles. The third-order valence-electron chi connectivity index (χ3n) is 8.21. The van der Waals surface area contributed by atoms with Gasteiger partial charge in [-0.15, -0.1) is 0 Å². The zero-order valence-electron chi connectivity index (χ0n) is 17.8. The van der Waals surface area contributed by atoms with Crippen molar-refractivity contribution in [1.82, 2.24) is 4.90 Å². The predicted octanol–water partition coefficient (Wildman–Crippen LogP) is 3.79. The molecule has 0 unspecified atom stereocenters. The average Bonchev–Trinajstić information content (AvgIpc) is 2.71. The van der Waals surface area contributed by atoms with E-state index in [1.165, 1.54) is 50.6 Å². The molecule has 1 atom stereocenters. The molecule has 6 rings (SSSR count). The molecule has 1 heterocycles. The summed E-state index contributed by atoms with van der Waals surface area (Å²) in [7, 11) is 0. The third-order valence-corrected chi connectivity index (χ3v) is 8.21. The summed E-state index contributed by atoms with van der Waals surface area (Å²) in [6.45, 7) is 6.15. The molecule has 1 N–H and O–H groups in total. The van der Waals surface area contributed by atoms with Gasteiger partial charge in [-0.1, -0.05) is 18.2 Å². The van der Waals surface area contributed by atoms with Crippen LogP contribution in [0.4, 0.5) is 5.69 Å². The van der Waals surface area contributed by atoms with Crippen molar-refractivity contribution >= 4 is 5.69 Å². The van der Waals surface area contributed by atoms with E-state index in [4.69, 9.17) is 4.74 Å². The molecule has 1 saturated heterocycles. The second kappa shape index (κ2) is 8.56. The Hall–Kier alpha value is -1.10. The number of β-amino-alcohol motifs (C(OH)–C–C–N with tert-alkyl or cyclic N) is 1. The SMILES string of the molecule is O[C@H](COCCC12CC3CC(CC(C3)C1)C2)CN1CCN(c2ccccc2)CC1. The van der Waals surface area contributed by atoms with Crippen LogP contribution in [0.25, 0.3) is 0 Å². The molecule has 0 spiro atoms. The van der Waals surface area contributed by atoms with Crippen molar-refractivity contribution in [2.45, 2.75) is 51.0 Å². The summed E-state index contributed by atoms with van der Waals surface area (Å²) in [4.78, 5) is 4.82. The van der Waals surface area contributed by atoms with Gasteiger partial charge in [0.1, 0.15) is 0 Å². The standard InChI is InChI=1S/C25H38N2O2/c28-24(18-26-7-9-27(10-8-26)23-4-2-1-3-5-23)19-29-11-6-25-15-20-12-21(16-25)14-22(13-20)17-25/h1-5,20-22,24,28H,6-19H2/t20?,21?,22?,24-,25?/m0/s1. The molecule has 4 aliphatic carbocycles. The van der Waals surface area contributed by atoms with Crippen LogP contribution < -0.4 is 4.90 Å². The molecule has 5 fully saturated rings. The Balaban J connectivity index is 0.995.